The van der Waals surface area contributed by atoms with Crippen molar-refractivity contribution in [2.45, 2.75) is 82.5 Å². The number of fused-ring (bicyclic) bond motifs is 1. The first-order valence-corrected chi connectivity index (χ1v) is 11.8. The van der Waals surface area contributed by atoms with Crippen LogP contribution in [0.25, 0.3) is 0 Å². The molecule has 1 amide bonds. The van der Waals surface area contributed by atoms with E-state index >= 15 is 0 Å². The molecule has 168 valence electrons. The van der Waals surface area contributed by atoms with Crippen LogP contribution in [0, 0.1) is 17.8 Å². The molecule has 4 rings (SSSR count). The van der Waals surface area contributed by atoms with Gasteiger partial charge in [0, 0.05) is 25.4 Å². The van der Waals surface area contributed by atoms with E-state index in [1.807, 2.05) is 0 Å². The van der Waals surface area contributed by atoms with Gasteiger partial charge in [-0.3, -0.25) is 14.4 Å². The van der Waals surface area contributed by atoms with Crippen LogP contribution in [0.4, 0.5) is 0 Å². The largest absolute Gasteiger partial charge is 0.368 e. The Kier molecular flexibility index (Phi) is 6.90. The fourth-order valence-electron chi connectivity index (χ4n) is 5.97. The van der Waals surface area contributed by atoms with Crippen molar-refractivity contribution in [2.75, 3.05) is 26.3 Å². The SMILES string of the molecule is CC(C1CCCCC1)C(CC(=O)C1CNCCO1)C(=O)NC12CCCC1OCC2=O. The summed E-state index contributed by atoms with van der Waals surface area (Å²) >= 11 is 0. The molecule has 4 fully saturated rings. The minimum Gasteiger partial charge on any atom is -0.368 e. The van der Waals surface area contributed by atoms with Crippen molar-refractivity contribution < 1.29 is 23.9 Å². The van der Waals surface area contributed by atoms with Crippen LogP contribution in [0.2, 0.25) is 0 Å². The van der Waals surface area contributed by atoms with Crippen LogP contribution in [0.1, 0.15) is 64.7 Å². The number of carbonyl (C=O) groups is 3. The van der Waals surface area contributed by atoms with Gasteiger partial charge < -0.3 is 20.1 Å². The minimum atomic E-state index is -0.881. The van der Waals surface area contributed by atoms with Gasteiger partial charge in [-0.05, 0) is 31.1 Å². The molecule has 7 nitrogen and oxygen atoms in total. The zero-order chi connectivity index (χ0) is 21.1. The monoisotopic (exact) mass is 420 g/mol. The lowest BCUT2D eigenvalue weighted by molar-refractivity contribution is -0.140. The Labute approximate surface area is 179 Å². The maximum absolute atomic E-state index is 13.6. The van der Waals surface area contributed by atoms with E-state index in [0.29, 0.717) is 25.5 Å². The number of hydrogen-bond acceptors (Lipinski definition) is 6. The van der Waals surface area contributed by atoms with Gasteiger partial charge in [-0.2, -0.15) is 0 Å². The third-order valence-electron chi connectivity index (χ3n) is 7.92. The molecule has 5 atom stereocenters. The Morgan fingerprint density at radius 1 is 1.17 bits per heavy atom. The Morgan fingerprint density at radius 2 is 1.97 bits per heavy atom. The first-order valence-electron chi connectivity index (χ1n) is 11.8. The summed E-state index contributed by atoms with van der Waals surface area (Å²) in [4.78, 5) is 39.2. The highest BCUT2D eigenvalue weighted by Crippen LogP contribution is 2.40. The highest BCUT2D eigenvalue weighted by Gasteiger charge is 2.55. The normalized spacial score (nSPS) is 34.4. The summed E-state index contributed by atoms with van der Waals surface area (Å²) in [5, 5.41) is 6.31. The zero-order valence-electron chi connectivity index (χ0n) is 18.1. The number of ketones is 2. The summed E-state index contributed by atoms with van der Waals surface area (Å²) in [6, 6.07) is 0. The topological polar surface area (TPSA) is 93.7 Å². The summed E-state index contributed by atoms with van der Waals surface area (Å²) in [5.74, 6) is -0.0845. The van der Waals surface area contributed by atoms with Gasteiger partial charge in [0.05, 0.1) is 12.7 Å². The summed E-state index contributed by atoms with van der Waals surface area (Å²) < 4.78 is 11.3. The first-order chi connectivity index (χ1) is 14.5. The summed E-state index contributed by atoms with van der Waals surface area (Å²) in [6.07, 6.45) is 7.61. The quantitative estimate of drug-likeness (QED) is 0.652. The molecule has 0 spiro atoms. The van der Waals surface area contributed by atoms with Gasteiger partial charge in [0.25, 0.3) is 0 Å². The molecule has 0 aromatic carbocycles. The standard InChI is InChI=1S/C23H36N2O5/c1-15(16-6-3-2-4-7-16)17(12-18(26)19-13-24-10-11-29-19)22(28)25-23-9-5-8-21(23)30-14-20(23)27/h15-17,19,21,24H,2-14H2,1H3,(H,25,28). The number of nitrogens with one attached hydrogen (secondary N) is 2. The minimum absolute atomic E-state index is 0.0144. The van der Waals surface area contributed by atoms with Crippen molar-refractivity contribution >= 4 is 17.5 Å². The molecular weight excluding hydrogens is 384 g/mol. The van der Waals surface area contributed by atoms with Gasteiger partial charge >= 0.3 is 0 Å². The highest BCUT2D eigenvalue weighted by molar-refractivity contribution is 5.98. The molecule has 2 aliphatic heterocycles. The maximum Gasteiger partial charge on any atom is 0.224 e. The van der Waals surface area contributed by atoms with Gasteiger partial charge in [-0.1, -0.05) is 39.0 Å². The number of ether oxygens (including phenoxy) is 2. The Morgan fingerprint density at radius 3 is 2.70 bits per heavy atom. The number of carbonyl (C=O) groups excluding carboxylic acids is 3. The lowest BCUT2D eigenvalue weighted by Crippen LogP contribution is -2.58. The van der Waals surface area contributed by atoms with Crippen molar-refractivity contribution in [2.24, 2.45) is 17.8 Å². The lowest BCUT2D eigenvalue weighted by Gasteiger charge is -2.36. The number of morpholine rings is 1. The van der Waals surface area contributed by atoms with Gasteiger partial charge in [-0.15, -0.1) is 0 Å². The van der Waals surface area contributed by atoms with E-state index in [4.69, 9.17) is 9.47 Å². The molecule has 2 N–H and O–H groups in total. The van der Waals surface area contributed by atoms with Crippen LogP contribution >= 0.6 is 0 Å². The van der Waals surface area contributed by atoms with E-state index in [9.17, 15) is 14.4 Å². The maximum atomic E-state index is 13.6. The van der Waals surface area contributed by atoms with Crippen LogP contribution in [0.15, 0.2) is 0 Å². The molecule has 2 saturated carbocycles. The Bertz CT molecular complexity index is 656. The fourth-order valence-corrected chi connectivity index (χ4v) is 5.97. The number of Topliss-reactive ketones (excluding diaryl/α,β-unsaturated/α-hetero) is 2. The van der Waals surface area contributed by atoms with E-state index in [1.165, 1.54) is 19.3 Å². The molecule has 2 saturated heterocycles. The predicted molar refractivity (Wildman–Crippen MR) is 111 cm³/mol. The van der Waals surface area contributed by atoms with E-state index in [0.717, 1.165) is 32.2 Å². The summed E-state index contributed by atoms with van der Waals surface area (Å²) in [7, 11) is 0. The van der Waals surface area contributed by atoms with Crippen LogP contribution in [0.5, 0.6) is 0 Å². The second-order valence-corrected chi connectivity index (χ2v) is 9.67. The molecule has 0 aromatic heterocycles. The van der Waals surface area contributed by atoms with Gasteiger partial charge in [0.2, 0.25) is 5.91 Å². The summed E-state index contributed by atoms with van der Waals surface area (Å²) in [5.41, 5.74) is -0.881. The van der Waals surface area contributed by atoms with Gasteiger partial charge in [0.1, 0.15) is 18.2 Å². The molecule has 2 aliphatic carbocycles. The van der Waals surface area contributed by atoms with Crippen molar-refractivity contribution in [1.29, 1.82) is 0 Å². The first kappa shape index (κ1) is 21.9. The van der Waals surface area contributed by atoms with Crippen molar-refractivity contribution in [1.82, 2.24) is 10.6 Å². The number of rotatable bonds is 7. The molecule has 0 aromatic rings. The highest BCUT2D eigenvalue weighted by atomic mass is 16.5. The van der Waals surface area contributed by atoms with E-state index in [1.54, 1.807) is 0 Å². The Balaban J connectivity index is 1.50. The molecule has 2 heterocycles. The second kappa shape index (κ2) is 9.45. The summed E-state index contributed by atoms with van der Waals surface area (Å²) in [6.45, 7) is 3.96. The number of hydrogen-bond donors (Lipinski definition) is 2. The van der Waals surface area contributed by atoms with Crippen molar-refractivity contribution in [3.05, 3.63) is 0 Å². The zero-order valence-corrected chi connectivity index (χ0v) is 18.1. The molecular formula is C23H36N2O5. The molecule has 0 bridgehead atoms. The number of amides is 1. The molecule has 0 radical (unpaired) electrons. The third kappa shape index (κ3) is 4.34. The second-order valence-electron chi connectivity index (χ2n) is 9.67. The smallest absolute Gasteiger partial charge is 0.224 e. The Hall–Kier alpha value is -1.31. The van der Waals surface area contributed by atoms with E-state index in [-0.39, 0.29) is 42.5 Å². The molecule has 5 unspecified atom stereocenters. The van der Waals surface area contributed by atoms with Crippen LogP contribution in [-0.4, -0.2) is 61.5 Å². The third-order valence-corrected chi connectivity index (χ3v) is 7.92. The van der Waals surface area contributed by atoms with E-state index in [2.05, 4.69) is 17.6 Å². The lowest BCUT2D eigenvalue weighted by atomic mass is 9.72. The average molecular weight is 421 g/mol. The van der Waals surface area contributed by atoms with Gasteiger partial charge in [0.15, 0.2) is 11.6 Å². The molecule has 30 heavy (non-hydrogen) atoms. The average Bonchev–Trinajstić information content (AvgIpc) is 3.32. The van der Waals surface area contributed by atoms with E-state index < -0.39 is 17.6 Å². The fraction of sp³-hybridized carbons (Fsp3) is 0.870. The predicted octanol–water partition coefficient (Wildman–Crippen LogP) is 1.77. The molecule has 4 aliphatic rings. The van der Waals surface area contributed by atoms with Crippen LogP contribution in [-0.2, 0) is 23.9 Å². The van der Waals surface area contributed by atoms with Crippen LogP contribution in [0.3, 0.4) is 0 Å². The van der Waals surface area contributed by atoms with Crippen LogP contribution < -0.4 is 10.6 Å². The van der Waals surface area contributed by atoms with Crippen molar-refractivity contribution in [3.63, 3.8) is 0 Å². The van der Waals surface area contributed by atoms with Crippen molar-refractivity contribution in [3.8, 4) is 0 Å². The molecule has 7 heteroatoms. The van der Waals surface area contributed by atoms with Gasteiger partial charge in [-0.25, -0.2) is 0 Å².